The molecule has 0 spiro atoms. The lowest BCUT2D eigenvalue weighted by Gasteiger charge is -2.02. The van der Waals surface area contributed by atoms with E-state index in [1.54, 1.807) is 0 Å². The van der Waals surface area contributed by atoms with E-state index in [-0.39, 0.29) is 0 Å². The molecular formula is C13H13NS. The number of rotatable bonds is 2. The Balaban J connectivity index is 2.16. The summed E-state index contributed by atoms with van der Waals surface area (Å²) in [6.07, 6.45) is 2.11. The van der Waals surface area contributed by atoms with Gasteiger partial charge < -0.3 is 5.73 Å². The fourth-order valence-electron chi connectivity index (χ4n) is 2.33. The van der Waals surface area contributed by atoms with E-state index < -0.39 is 0 Å². The second-order valence-electron chi connectivity index (χ2n) is 3.93. The van der Waals surface area contributed by atoms with Crippen LogP contribution in [0.3, 0.4) is 0 Å². The van der Waals surface area contributed by atoms with Crippen molar-refractivity contribution in [2.45, 2.75) is 12.8 Å². The number of benzene rings is 1. The van der Waals surface area contributed by atoms with Gasteiger partial charge in [-0.25, -0.2) is 0 Å². The molecule has 0 unspecified atom stereocenters. The van der Waals surface area contributed by atoms with E-state index in [0.717, 1.165) is 19.4 Å². The third kappa shape index (κ3) is 1.33. The monoisotopic (exact) mass is 215 g/mol. The van der Waals surface area contributed by atoms with Crippen molar-refractivity contribution in [3.8, 4) is 11.1 Å². The van der Waals surface area contributed by atoms with Crippen molar-refractivity contribution in [3.63, 3.8) is 0 Å². The Kier molecular flexibility index (Phi) is 2.11. The largest absolute Gasteiger partial charge is 0.330 e. The molecule has 0 radical (unpaired) electrons. The van der Waals surface area contributed by atoms with Gasteiger partial charge in [-0.2, -0.15) is 0 Å². The van der Waals surface area contributed by atoms with Gasteiger partial charge in [-0.1, -0.05) is 24.3 Å². The van der Waals surface area contributed by atoms with E-state index in [2.05, 4.69) is 29.6 Å². The molecule has 3 rings (SSSR count). The molecule has 1 aromatic carbocycles. The molecule has 0 bridgehead atoms. The van der Waals surface area contributed by atoms with Crippen LogP contribution in [0.4, 0.5) is 0 Å². The molecular weight excluding hydrogens is 202 g/mol. The van der Waals surface area contributed by atoms with Gasteiger partial charge in [0.2, 0.25) is 0 Å². The van der Waals surface area contributed by atoms with Crippen LogP contribution in [0, 0.1) is 0 Å². The molecule has 0 fully saturated rings. The van der Waals surface area contributed by atoms with Crippen molar-refractivity contribution in [1.82, 2.24) is 0 Å². The predicted octanol–water partition coefficient (Wildman–Crippen LogP) is 2.82. The van der Waals surface area contributed by atoms with Crippen molar-refractivity contribution in [2.75, 3.05) is 6.54 Å². The highest BCUT2D eigenvalue weighted by atomic mass is 32.1. The molecule has 0 amide bonds. The summed E-state index contributed by atoms with van der Waals surface area (Å²) >= 11 is 1.86. The van der Waals surface area contributed by atoms with E-state index >= 15 is 0 Å². The minimum Gasteiger partial charge on any atom is -0.330 e. The Bertz CT molecular complexity index is 499. The van der Waals surface area contributed by atoms with Gasteiger partial charge in [0.25, 0.3) is 0 Å². The molecule has 15 heavy (non-hydrogen) atoms. The van der Waals surface area contributed by atoms with Crippen LogP contribution in [0.15, 0.2) is 29.6 Å². The second kappa shape index (κ2) is 3.47. The number of hydrogen-bond donors (Lipinski definition) is 1. The Labute approximate surface area is 93.6 Å². The first-order valence-corrected chi connectivity index (χ1v) is 6.15. The van der Waals surface area contributed by atoms with Crippen LogP contribution in [-0.4, -0.2) is 6.54 Å². The van der Waals surface area contributed by atoms with E-state index in [0.29, 0.717) is 0 Å². The molecule has 0 saturated carbocycles. The highest BCUT2D eigenvalue weighted by molar-refractivity contribution is 7.10. The standard InChI is InChI=1S/C13H13NS/c14-6-5-12-13-10(8-15-12)7-9-3-1-2-4-11(9)13/h1-4,8H,5-7,14H2. The first kappa shape index (κ1) is 9.13. The lowest BCUT2D eigenvalue weighted by atomic mass is 10.1. The zero-order valence-electron chi connectivity index (χ0n) is 8.49. The highest BCUT2D eigenvalue weighted by Crippen LogP contribution is 2.42. The molecule has 2 N–H and O–H groups in total. The Morgan fingerprint density at radius 1 is 1.20 bits per heavy atom. The summed E-state index contributed by atoms with van der Waals surface area (Å²) in [5.41, 5.74) is 11.5. The number of nitrogens with two attached hydrogens (primary N) is 1. The average Bonchev–Trinajstić information content (AvgIpc) is 2.78. The van der Waals surface area contributed by atoms with Crippen LogP contribution in [-0.2, 0) is 12.8 Å². The average molecular weight is 215 g/mol. The van der Waals surface area contributed by atoms with Crippen molar-refractivity contribution >= 4 is 11.3 Å². The lowest BCUT2D eigenvalue weighted by Crippen LogP contribution is -2.01. The summed E-state index contributed by atoms with van der Waals surface area (Å²) in [6.45, 7) is 0.745. The van der Waals surface area contributed by atoms with Gasteiger partial charge in [0.15, 0.2) is 0 Å². The third-order valence-corrected chi connectivity index (χ3v) is 4.08. The second-order valence-corrected chi connectivity index (χ2v) is 4.90. The van der Waals surface area contributed by atoms with Crippen molar-refractivity contribution in [3.05, 3.63) is 45.6 Å². The van der Waals surface area contributed by atoms with Crippen LogP contribution in [0.2, 0.25) is 0 Å². The normalized spacial score (nSPS) is 12.6. The molecule has 1 aliphatic carbocycles. The third-order valence-electron chi connectivity index (χ3n) is 2.98. The first-order valence-electron chi connectivity index (χ1n) is 5.27. The molecule has 0 aliphatic heterocycles. The van der Waals surface area contributed by atoms with Crippen LogP contribution in [0.1, 0.15) is 16.0 Å². The lowest BCUT2D eigenvalue weighted by molar-refractivity contribution is 0.990. The topological polar surface area (TPSA) is 26.0 Å². The van der Waals surface area contributed by atoms with Crippen LogP contribution < -0.4 is 5.73 Å². The van der Waals surface area contributed by atoms with Gasteiger partial charge in [-0.15, -0.1) is 11.3 Å². The fourth-order valence-corrected chi connectivity index (χ4v) is 3.41. The summed E-state index contributed by atoms with van der Waals surface area (Å²) in [7, 11) is 0. The minimum absolute atomic E-state index is 0.745. The molecule has 1 aromatic heterocycles. The summed E-state index contributed by atoms with van der Waals surface area (Å²) in [4.78, 5) is 1.46. The molecule has 0 atom stereocenters. The zero-order valence-corrected chi connectivity index (χ0v) is 9.31. The minimum atomic E-state index is 0.745. The summed E-state index contributed by atoms with van der Waals surface area (Å²) in [5, 5.41) is 2.29. The zero-order chi connectivity index (χ0) is 10.3. The molecule has 2 heteroatoms. The van der Waals surface area contributed by atoms with Gasteiger partial charge in [-0.05, 0) is 47.0 Å². The Morgan fingerprint density at radius 2 is 2.07 bits per heavy atom. The number of thiophene rings is 1. The maximum absolute atomic E-state index is 5.64. The van der Waals surface area contributed by atoms with Crippen LogP contribution in [0.25, 0.3) is 11.1 Å². The maximum Gasteiger partial charge on any atom is 0.0139 e. The summed E-state index contributed by atoms with van der Waals surface area (Å²) in [5.74, 6) is 0. The Morgan fingerprint density at radius 3 is 2.93 bits per heavy atom. The van der Waals surface area contributed by atoms with Gasteiger partial charge in [-0.3, -0.25) is 0 Å². The van der Waals surface area contributed by atoms with Gasteiger partial charge in [0.1, 0.15) is 0 Å². The van der Waals surface area contributed by atoms with Crippen molar-refractivity contribution < 1.29 is 0 Å². The van der Waals surface area contributed by atoms with Gasteiger partial charge in [0, 0.05) is 4.88 Å². The molecule has 76 valence electrons. The fraction of sp³-hybridized carbons (Fsp3) is 0.231. The first-order chi connectivity index (χ1) is 7.40. The van der Waals surface area contributed by atoms with Crippen LogP contribution in [0.5, 0.6) is 0 Å². The molecule has 1 aliphatic rings. The highest BCUT2D eigenvalue weighted by Gasteiger charge is 2.21. The summed E-state index contributed by atoms with van der Waals surface area (Å²) < 4.78 is 0. The maximum atomic E-state index is 5.64. The Hall–Kier alpha value is -1.12. The molecule has 1 nitrogen and oxygen atoms in total. The predicted molar refractivity (Wildman–Crippen MR) is 65.3 cm³/mol. The van der Waals surface area contributed by atoms with Gasteiger partial charge >= 0.3 is 0 Å². The van der Waals surface area contributed by atoms with E-state index in [1.165, 1.54) is 27.1 Å². The van der Waals surface area contributed by atoms with Crippen LogP contribution >= 0.6 is 11.3 Å². The summed E-state index contributed by atoms with van der Waals surface area (Å²) in [6, 6.07) is 8.70. The molecule has 0 saturated heterocycles. The quantitative estimate of drug-likeness (QED) is 0.699. The number of fused-ring (bicyclic) bond motifs is 3. The van der Waals surface area contributed by atoms with E-state index in [9.17, 15) is 0 Å². The van der Waals surface area contributed by atoms with Crippen molar-refractivity contribution in [2.24, 2.45) is 5.73 Å². The van der Waals surface area contributed by atoms with E-state index in [1.807, 2.05) is 11.3 Å². The van der Waals surface area contributed by atoms with Crippen molar-refractivity contribution in [1.29, 1.82) is 0 Å². The SMILES string of the molecule is NCCc1scc2c1-c1ccccc1C2. The van der Waals surface area contributed by atoms with E-state index in [4.69, 9.17) is 5.73 Å². The van der Waals surface area contributed by atoms with Gasteiger partial charge in [0.05, 0.1) is 0 Å². The molecule has 1 heterocycles. The molecule has 2 aromatic rings. The smallest absolute Gasteiger partial charge is 0.0139 e. The number of hydrogen-bond acceptors (Lipinski definition) is 2.